The first-order valence-corrected chi connectivity index (χ1v) is 8.76. The molecule has 108 valence electrons. The molecule has 8 heteroatoms. The molecule has 1 aromatic heterocycles. The van der Waals surface area contributed by atoms with Crippen LogP contribution in [-0.4, -0.2) is 20.6 Å². The molecule has 1 N–H and O–H groups in total. The van der Waals surface area contributed by atoms with Gasteiger partial charge in [-0.2, -0.15) is 5.26 Å². The van der Waals surface area contributed by atoms with Gasteiger partial charge in [0, 0.05) is 6.26 Å². The summed E-state index contributed by atoms with van der Waals surface area (Å²) in [5.74, 6) is -0.565. The summed E-state index contributed by atoms with van der Waals surface area (Å²) < 4.78 is 23.0. The quantitative estimate of drug-likeness (QED) is 0.930. The molecular weight excluding hydrogens is 332 g/mol. The number of thiophene rings is 1. The highest BCUT2D eigenvalue weighted by molar-refractivity contribution is 7.90. The van der Waals surface area contributed by atoms with Crippen molar-refractivity contribution in [1.82, 2.24) is 0 Å². The molecule has 0 fully saturated rings. The standard InChI is InChI=1S/C13H9ClN2O3S2/c1-21(18,19)9-2-3-11(14)10(6-9)12(17)16-13-8(7-15)4-5-20-13/h2-6H,1H3,(H,16,17). The topological polar surface area (TPSA) is 87.0 Å². The van der Waals surface area contributed by atoms with Gasteiger partial charge in [-0.25, -0.2) is 8.42 Å². The highest BCUT2D eigenvalue weighted by Gasteiger charge is 2.17. The molecule has 0 aliphatic carbocycles. The third-order valence-electron chi connectivity index (χ3n) is 2.62. The summed E-state index contributed by atoms with van der Waals surface area (Å²) in [7, 11) is -3.44. The van der Waals surface area contributed by atoms with Crippen LogP contribution in [0.2, 0.25) is 5.02 Å². The number of rotatable bonds is 3. The van der Waals surface area contributed by atoms with Gasteiger partial charge in [-0.3, -0.25) is 4.79 Å². The fourth-order valence-electron chi connectivity index (χ4n) is 1.57. The van der Waals surface area contributed by atoms with Crippen LogP contribution in [0.1, 0.15) is 15.9 Å². The molecule has 0 spiro atoms. The van der Waals surface area contributed by atoms with E-state index in [9.17, 15) is 13.2 Å². The second-order valence-electron chi connectivity index (χ2n) is 4.14. The fraction of sp³-hybridized carbons (Fsp3) is 0.0769. The zero-order valence-corrected chi connectivity index (χ0v) is 13.1. The monoisotopic (exact) mass is 340 g/mol. The average molecular weight is 341 g/mol. The zero-order valence-electron chi connectivity index (χ0n) is 10.8. The van der Waals surface area contributed by atoms with Crippen molar-refractivity contribution in [3.05, 3.63) is 45.8 Å². The Balaban J connectivity index is 2.38. The largest absolute Gasteiger partial charge is 0.312 e. The molecule has 1 amide bonds. The Morgan fingerprint density at radius 1 is 1.38 bits per heavy atom. The molecule has 0 bridgehead atoms. The van der Waals surface area contributed by atoms with Gasteiger partial charge in [0.15, 0.2) is 9.84 Å². The van der Waals surface area contributed by atoms with E-state index in [1.165, 1.54) is 29.5 Å². The molecule has 21 heavy (non-hydrogen) atoms. The highest BCUT2D eigenvalue weighted by Crippen LogP contribution is 2.25. The number of sulfone groups is 1. The summed E-state index contributed by atoms with van der Waals surface area (Å²) in [6.07, 6.45) is 1.05. The normalized spacial score (nSPS) is 10.9. The van der Waals surface area contributed by atoms with E-state index in [-0.39, 0.29) is 15.5 Å². The third-order valence-corrected chi connectivity index (χ3v) is 4.89. The number of hydrogen-bond donors (Lipinski definition) is 1. The minimum absolute atomic E-state index is 0.00346. The van der Waals surface area contributed by atoms with Crippen molar-refractivity contribution in [2.75, 3.05) is 11.6 Å². The number of carbonyl (C=O) groups is 1. The van der Waals surface area contributed by atoms with Crippen LogP contribution in [0.4, 0.5) is 5.00 Å². The van der Waals surface area contributed by atoms with Gasteiger partial charge >= 0.3 is 0 Å². The first-order valence-electron chi connectivity index (χ1n) is 5.61. The van der Waals surface area contributed by atoms with Crippen LogP contribution in [0.15, 0.2) is 34.5 Å². The summed E-state index contributed by atoms with van der Waals surface area (Å²) in [5, 5.41) is 13.6. The molecule has 0 aliphatic heterocycles. The lowest BCUT2D eigenvalue weighted by atomic mass is 10.2. The average Bonchev–Trinajstić information content (AvgIpc) is 2.84. The van der Waals surface area contributed by atoms with Crippen molar-refractivity contribution >= 4 is 43.7 Å². The summed E-state index contributed by atoms with van der Waals surface area (Å²) in [4.78, 5) is 12.2. The molecule has 2 rings (SSSR count). The van der Waals surface area contributed by atoms with Gasteiger partial charge in [-0.1, -0.05) is 11.6 Å². The van der Waals surface area contributed by atoms with Gasteiger partial charge < -0.3 is 5.32 Å². The van der Waals surface area contributed by atoms with Crippen molar-refractivity contribution < 1.29 is 13.2 Å². The summed E-state index contributed by atoms with van der Waals surface area (Å²) in [6.45, 7) is 0. The lowest BCUT2D eigenvalue weighted by Gasteiger charge is -2.07. The predicted octanol–water partition coefficient (Wildman–Crippen LogP) is 2.93. The molecule has 0 aliphatic rings. The van der Waals surface area contributed by atoms with E-state index < -0.39 is 15.7 Å². The molecular formula is C13H9ClN2O3S2. The minimum atomic E-state index is -3.44. The SMILES string of the molecule is CS(=O)(=O)c1ccc(Cl)c(C(=O)Nc2sccc2C#N)c1. The van der Waals surface area contributed by atoms with Crippen LogP contribution in [0.5, 0.6) is 0 Å². The van der Waals surface area contributed by atoms with Crippen molar-refractivity contribution in [3.63, 3.8) is 0 Å². The second kappa shape index (κ2) is 5.85. The van der Waals surface area contributed by atoms with Gasteiger partial charge in [-0.05, 0) is 29.6 Å². The Bertz CT molecular complexity index is 851. The maximum atomic E-state index is 12.2. The Morgan fingerprint density at radius 3 is 2.71 bits per heavy atom. The lowest BCUT2D eigenvalue weighted by molar-refractivity contribution is 0.102. The van der Waals surface area contributed by atoms with Crippen LogP contribution < -0.4 is 5.32 Å². The number of halogens is 1. The molecule has 0 saturated carbocycles. The predicted molar refractivity (Wildman–Crippen MR) is 81.5 cm³/mol. The second-order valence-corrected chi connectivity index (χ2v) is 7.48. The van der Waals surface area contributed by atoms with Crippen LogP contribution in [0, 0.1) is 11.3 Å². The summed E-state index contributed by atoms with van der Waals surface area (Å²) in [6, 6.07) is 7.43. The highest BCUT2D eigenvalue weighted by atomic mass is 35.5. The Labute approximate surface area is 130 Å². The Morgan fingerprint density at radius 2 is 2.10 bits per heavy atom. The number of anilines is 1. The van der Waals surface area contributed by atoms with Crippen LogP contribution >= 0.6 is 22.9 Å². The van der Waals surface area contributed by atoms with Crippen LogP contribution in [0.3, 0.4) is 0 Å². The molecule has 0 saturated heterocycles. The summed E-state index contributed by atoms with van der Waals surface area (Å²) in [5.41, 5.74) is 0.376. The van der Waals surface area contributed by atoms with Crippen molar-refractivity contribution in [2.45, 2.75) is 4.90 Å². The smallest absolute Gasteiger partial charge is 0.257 e. The van der Waals surface area contributed by atoms with Gasteiger partial charge in [0.05, 0.1) is 21.0 Å². The molecule has 0 unspecified atom stereocenters. The molecule has 5 nitrogen and oxygen atoms in total. The number of nitriles is 1. The fourth-order valence-corrected chi connectivity index (χ4v) is 3.16. The first-order chi connectivity index (χ1) is 9.82. The molecule has 0 atom stereocenters. The van der Waals surface area contributed by atoms with Crippen molar-refractivity contribution in [1.29, 1.82) is 5.26 Å². The summed E-state index contributed by atoms with van der Waals surface area (Å²) >= 11 is 7.13. The molecule has 1 heterocycles. The van der Waals surface area contributed by atoms with E-state index in [4.69, 9.17) is 16.9 Å². The number of carbonyl (C=O) groups excluding carboxylic acids is 1. The van der Waals surface area contributed by atoms with Crippen LogP contribution in [-0.2, 0) is 9.84 Å². The van der Waals surface area contributed by atoms with E-state index in [1.54, 1.807) is 11.4 Å². The van der Waals surface area contributed by atoms with Crippen LogP contribution in [0.25, 0.3) is 0 Å². The number of nitrogens with zero attached hydrogens (tertiary/aromatic N) is 1. The van der Waals surface area contributed by atoms with Gasteiger partial charge in [0.25, 0.3) is 5.91 Å². The van der Waals surface area contributed by atoms with E-state index in [2.05, 4.69) is 5.32 Å². The van der Waals surface area contributed by atoms with E-state index in [0.717, 1.165) is 6.26 Å². The van der Waals surface area contributed by atoms with E-state index in [0.29, 0.717) is 10.6 Å². The van der Waals surface area contributed by atoms with Gasteiger partial charge in [-0.15, -0.1) is 11.3 Å². The maximum absolute atomic E-state index is 12.2. The first kappa shape index (κ1) is 15.5. The number of amides is 1. The molecule has 0 radical (unpaired) electrons. The molecule has 1 aromatic carbocycles. The Hall–Kier alpha value is -1.88. The number of benzene rings is 1. The van der Waals surface area contributed by atoms with Crippen molar-refractivity contribution in [2.24, 2.45) is 0 Å². The number of hydrogen-bond acceptors (Lipinski definition) is 5. The third kappa shape index (κ3) is 3.42. The van der Waals surface area contributed by atoms with E-state index in [1.807, 2.05) is 6.07 Å². The van der Waals surface area contributed by atoms with Crippen molar-refractivity contribution in [3.8, 4) is 6.07 Å². The van der Waals surface area contributed by atoms with E-state index >= 15 is 0 Å². The maximum Gasteiger partial charge on any atom is 0.257 e. The minimum Gasteiger partial charge on any atom is -0.312 e. The van der Waals surface area contributed by atoms with Gasteiger partial charge in [0.1, 0.15) is 11.1 Å². The lowest BCUT2D eigenvalue weighted by Crippen LogP contribution is -2.13. The number of nitrogens with one attached hydrogen (secondary N) is 1. The van der Waals surface area contributed by atoms with Gasteiger partial charge in [0.2, 0.25) is 0 Å². The Kier molecular flexibility index (Phi) is 4.32. The molecule has 2 aromatic rings. The zero-order chi connectivity index (χ0) is 15.6.